The van der Waals surface area contributed by atoms with E-state index in [1.807, 2.05) is 18.2 Å². The lowest BCUT2D eigenvalue weighted by atomic mass is 10.1. The quantitative estimate of drug-likeness (QED) is 0.779. The fourth-order valence-corrected chi connectivity index (χ4v) is 2.59. The molecule has 4 nitrogen and oxygen atoms in total. The molecular weight excluding hydrogens is 254 g/mol. The minimum Gasteiger partial charge on any atom is -0.497 e. The van der Waals surface area contributed by atoms with Crippen LogP contribution in [0.4, 0.5) is 0 Å². The number of rotatable bonds is 7. The van der Waals surface area contributed by atoms with Crippen molar-refractivity contribution < 1.29 is 14.6 Å². The topological polar surface area (TPSA) is 41.9 Å². The Kier molecular flexibility index (Phi) is 5.68. The van der Waals surface area contributed by atoms with Gasteiger partial charge in [-0.25, -0.2) is 0 Å². The standard InChI is InChI=1S/C16H25NO3/c1-13(18)15-7-6-14(19-2)12-16(15)20-11-5-10-17-8-3-4-9-17/h6-7,12-13,18H,3-5,8-11H2,1-2H3/t13-/m1/s1. The van der Waals surface area contributed by atoms with Gasteiger partial charge in [-0.15, -0.1) is 0 Å². The van der Waals surface area contributed by atoms with E-state index in [1.165, 1.54) is 25.9 Å². The van der Waals surface area contributed by atoms with Gasteiger partial charge in [-0.05, 0) is 51.4 Å². The number of benzene rings is 1. The fourth-order valence-electron chi connectivity index (χ4n) is 2.59. The number of hydrogen-bond donors (Lipinski definition) is 1. The highest BCUT2D eigenvalue weighted by Crippen LogP contribution is 2.29. The van der Waals surface area contributed by atoms with Gasteiger partial charge < -0.3 is 19.5 Å². The largest absolute Gasteiger partial charge is 0.497 e. The summed E-state index contributed by atoms with van der Waals surface area (Å²) < 4.78 is 11.0. The van der Waals surface area contributed by atoms with Crippen LogP contribution in [0, 0.1) is 0 Å². The molecule has 0 spiro atoms. The first-order chi connectivity index (χ1) is 9.70. The number of hydrogen-bond acceptors (Lipinski definition) is 4. The molecule has 1 heterocycles. The zero-order chi connectivity index (χ0) is 14.4. The van der Waals surface area contributed by atoms with E-state index in [0.717, 1.165) is 30.0 Å². The van der Waals surface area contributed by atoms with Crippen LogP contribution in [0.5, 0.6) is 11.5 Å². The zero-order valence-electron chi connectivity index (χ0n) is 12.5. The van der Waals surface area contributed by atoms with E-state index < -0.39 is 6.10 Å². The van der Waals surface area contributed by atoms with Crippen molar-refractivity contribution in [2.24, 2.45) is 0 Å². The number of aliphatic hydroxyl groups is 1. The van der Waals surface area contributed by atoms with Crippen LogP contribution in [0.25, 0.3) is 0 Å². The van der Waals surface area contributed by atoms with E-state index in [0.29, 0.717) is 6.61 Å². The van der Waals surface area contributed by atoms with Crippen molar-refractivity contribution in [2.45, 2.75) is 32.3 Å². The Labute approximate surface area is 121 Å². The zero-order valence-corrected chi connectivity index (χ0v) is 12.5. The summed E-state index contributed by atoms with van der Waals surface area (Å²) in [7, 11) is 1.63. The van der Waals surface area contributed by atoms with Crippen LogP contribution in [0.2, 0.25) is 0 Å². The van der Waals surface area contributed by atoms with E-state index in [-0.39, 0.29) is 0 Å². The van der Waals surface area contributed by atoms with E-state index in [9.17, 15) is 5.11 Å². The van der Waals surface area contributed by atoms with Gasteiger partial charge in [-0.3, -0.25) is 0 Å². The first-order valence-electron chi connectivity index (χ1n) is 7.42. The minimum atomic E-state index is -0.533. The van der Waals surface area contributed by atoms with Gasteiger partial charge in [0.15, 0.2) is 0 Å². The highest BCUT2D eigenvalue weighted by Gasteiger charge is 2.12. The van der Waals surface area contributed by atoms with Crippen molar-refractivity contribution in [1.29, 1.82) is 0 Å². The van der Waals surface area contributed by atoms with Crippen LogP contribution < -0.4 is 9.47 Å². The molecule has 20 heavy (non-hydrogen) atoms. The third-order valence-corrected chi connectivity index (χ3v) is 3.75. The summed E-state index contributed by atoms with van der Waals surface area (Å²) in [5.74, 6) is 1.48. The number of aliphatic hydroxyl groups excluding tert-OH is 1. The first kappa shape index (κ1) is 15.1. The molecule has 0 bridgehead atoms. The third-order valence-electron chi connectivity index (χ3n) is 3.75. The summed E-state index contributed by atoms with van der Waals surface area (Å²) in [6, 6.07) is 5.55. The van der Waals surface area contributed by atoms with Crippen molar-refractivity contribution >= 4 is 0 Å². The van der Waals surface area contributed by atoms with Gasteiger partial charge in [0.2, 0.25) is 0 Å². The molecule has 1 aromatic rings. The van der Waals surface area contributed by atoms with Crippen molar-refractivity contribution in [2.75, 3.05) is 33.4 Å². The Balaban J connectivity index is 1.86. The molecule has 1 fully saturated rings. The maximum Gasteiger partial charge on any atom is 0.128 e. The second-order valence-electron chi connectivity index (χ2n) is 5.33. The number of likely N-dealkylation sites (tertiary alicyclic amines) is 1. The Hall–Kier alpha value is -1.26. The van der Waals surface area contributed by atoms with Crippen LogP contribution in [-0.2, 0) is 0 Å². The molecule has 1 aliphatic heterocycles. The van der Waals surface area contributed by atoms with E-state index in [1.54, 1.807) is 14.0 Å². The average Bonchev–Trinajstić information content (AvgIpc) is 2.96. The minimum absolute atomic E-state index is 0.533. The van der Waals surface area contributed by atoms with Crippen LogP contribution in [0.1, 0.15) is 37.9 Å². The predicted octanol–water partition coefficient (Wildman–Crippen LogP) is 2.61. The SMILES string of the molecule is COc1ccc([C@@H](C)O)c(OCCCN2CCCC2)c1. The molecule has 0 saturated carbocycles. The maximum absolute atomic E-state index is 9.77. The third kappa shape index (κ3) is 4.12. The normalized spacial score (nSPS) is 17.1. The van der Waals surface area contributed by atoms with Gasteiger partial charge in [-0.1, -0.05) is 0 Å². The van der Waals surface area contributed by atoms with Gasteiger partial charge in [0.05, 0.1) is 19.8 Å². The summed E-state index contributed by atoms with van der Waals surface area (Å²) >= 11 is 0. The lowest BCUT2D eigenvalue weighted by molar-refractivity contribution is 0.189. The number of nitrogens with zero attached hydrogens (tertiary/aromatic N) is 1. The Morgan fingerprint density at radius 3 is 2.70 bits per heavy atom. The molecule has 1 saturated heterocycles. The van der Waals surface area contributed by atoms with Gasteiger partial charge in [0.25, 0.3) is 0 Å². The summed E-state index contributed by atoms with van der Waals surface area (Å²) in [6.45, 7) is 5.95. The molecule has 0 aromatic heterocycles. The average molecular weight is 279 g/mol. The molecule has 4 heteroatoms. The van der Waals surface area contributed by atoms with Gasteiger partial charge in [0, 0.05) is 18.2 Å². The fraction of sp³-hybridized carbons (Fsp3) is 0.625. The van der Waals surface area contributed by atoms with Crippen molar-refractivity contribution in [3.8, 4) is 11.5 Å². The molecule has 0 amide bonds. The molecule has 0 aliphatic carbocycles. The van der Waals surface area contributed by atoms with Crippen LogP contribution in [-0.4, -0.2) is 43.4 Å². The molecule has 1 N–H and O–H groups in total. The highest BCUT2D eigenvalue weighted by molar-refractivity contribution is 5.41. The molecule has 0 unspecified atom stereocenters. The highest BCUT2D eigenvalue weighted by atomic mass is 16.5. The second-order valence-corrected chi connectivity index (χ2v) is 5.33. The number of ether oxygens (including phenoxy) is 2. The van der Waals surface area contributed by atoms with Crippen LogP contribution in [0.3, 0.4) is 0 Å². The van der Waals surface area contributed by atoms with Gasteiger partial charge >= 0.3 is 0 Å². The molecular formula is C16H25NO3. The van der Waals surface area contributed by atoms with Gasteiger partial charge in [-0.2, -0.15) is 0 Å². The lowest BCUT2D eigenvalue weighted by Gasteiger charge is -2.17. The monoisotopic (exact) mass is 279 g/mol. The van der Waals surface area contributed by atoms with Crippen molar-refractivity contribution in [3.63, 3.8) is 0 Å². The van der Waals surface area contributed by atoms with Crippen LogP contribution >= 0.6 is 0 Å². The molecule has 1 aliphatic rings. The van der Waals surface area contributed by atoms with Crippen LogP contribution in [0.15, 0.2) is 18.2 Å². The Bertz CT molecular complexity index is 414. The second kappa shape index (κ2) is 7.50. The maximum atomic E-state index is 9.77. The molecule has 2 rings (SSSR count). The lowest BCUT2D eigenvalue weighted by Crippen LogP contribution is -2.22. The summed E-state index contributed by atoms with van der Waals surface area (Å²) in [6.07, 6.45) is 3.12. The van der Waals surface area contributed by atoms with Crippen molar-refractivity contribution in [3.05, 3.63) is 23.8 Å². The predicted molar refractivity (Wildman–Crippen MR) is 79.4 cm³/mol. The van der Waals surface area contributed by atoms with Crippen molar-refractivity contribution in [1.82, 2.24) is 4.90 Å². The summed E-state index contributed by atoms with van der Waals surface area (Å²) in [4.78, 5) is 2.48. The Morgan fingerprint density at radius 2 is 2.05 bits per heavy atom. The smallest absolute Gasteiger partial charge is 0.128 e. The summed E-state index contributed by atoms with van der Waals surface area (Å²) in [5.41, 5.74) is 0.812. The van der Waals surface area contributed by atoms with E-state index >= 15 is 0 Å². The Morgan fingerprint density at radius 1 is 1.30 bits per heavy atom. The van der Waals surface area contributed by atoms with Gasteiger partial charge in [0.1, 0.15) is 11.5 Å². The van der Waals surface area contributed by atoms with E-state index in [4.69, 9.17) is 9.47 Å². The molecule has 0 radical (unpaired) electrons. The summed E-state index contributed by atoms with van der Waals surface area (Å²) in [5, 5.41) is 9.77. The van der Waals surface area contributed by atoms with E-state index in [2.05, 4.69) is 4.90 Å². The number of methoxy groups -OCH3 is 1. The molecule has 1 aromatic carbocycles. The first-order valence-corrected chi connectivity index (χ1v) is 7.42. The molecule has 1 atom stereocenters. The molecule has 112 valence electrons.